The highest BCUT2D eigenvalue weighted by atomic mass is 32.1. The number of hydrogen-bond acceptors (Lipinski definition) is 4. The van der Waals surface area contributed by atoms with Crippen molar-refractivity contribution in [1.82, 2.24) is 14.5 Å². The van der Waals surface area contributed by atoms with Crippen LogP contribution in [0, 0.1) is 6.92 Å². The fraction of sp³-hybridized carbons (Fsp3) is 0.333. The monoisotopic (exact) mass is 209 g/mol. The van der Waals surface area contributed by atoms with Crippen molar-refractivity contribution in [2.24, 2.45) is 0 Å². The summed E-state index contributed by atoms with van der Waals surface area (Å²) in [5.74, 6) is 0. The number of aromatic nitrogens is 3. The Morgan fingerprint density at radius 2 is 2.36 bits per heavy atom. The molecule has 2 aromatic rings. The van der Waals surface area contributed by atoms with Crippen LogP contribution in [0.25, 0.3) is 0 Å². The lowest BCUT2D eigenvalue weighted by atomic mass is 10.4. The molecule has 2 heterocycles. The second kappa shape index (κ2) is 3.89. The van der Waals surface area contributed by atoms with Crippen molar-refractivity contribution in [3.8, 4) is 0 Å². The summed E-state index contributed by atoms with van der Waals surface area (Å²) < 4.78 is 1.92. The SMILES string of the molecule is Cc1nc(Cn2cnc(CO)c2)cs1. The number of hydrogen-bond donors (Lipinski definition) is 1. The Hall–Kier alpha value is -1.20. The second-order valence-corrected chi connectivity index (χ2v) is 4.12. The summed E-state index contributed by atoms with van der Waals surface area (Å²) in [6, 6.07) is 0. The van der Waals surface area contributed by atoms with Gasteiger partial charge in [-0.1, -0.05) is 0 Å². The van der Waals surface area contributed by atoms with Gasteiger partial charge >= 0.3 is 0 Å². The first-order valence-corrected chi connectivity index (χ1v) is 5.18. The first-order chi connectivity index (χ1) is 6.78. The van der Waals surface area contributed by atoms with Crippen LogP contribution in [-0.2, 0) is 13.2 Å². The van der Waals surface area contributed by atoms with E-state index < -0.39 is 0 Å². The van der Waals surface area contributed by atoms with Crippen molar-refractivity contribution in [1.29, 1.82) is 0 Å². The van der Waals surface area contributed by atoms with Gasteiger partial charge < -0.3 is 9.67 Å². The molecule has 5 heteroatoms. The van der Waals surface area contributed by atoms with Gasteiger partial charge in [0.1, 0.15) is 0 Å². The van der Waals surface area contributed by atoms with Gasteiger partial charge in [0.15, 0.2) is 0 Å². The van der Waals surface area contributed by atoms with E-state index in [4.69, 9.17) is 5.11 Å². The predicted octanol–water partition coefficient (Wildman–Crippen LogP) is 1.19. The van der Waals surface area contributed by atoms with E-state index in [1.807, 2.05) is 23.1 Å². The third kappa shape index (κ3) is 2.00. The maximum Gasteiger partial charge on any atom is 0.0954 e. The summed E-state index contributed by atoms with van der Waals surface area (Å²) >= 11 is 1.64. The van der Waals surface area contributed by atoms with E-state index in [9.17, 15) is 0 Å². The van der Waals surface area contributed by atoms with Gasteiger partial charge in [-0.2, -0.15) is 0 Å². The summed E-state index contributed by atoms with van der Waals surface area (Å²) in [5.41, 5.74) is 1.73. The average Bonchev–Trinajstić information content (AvgIpc) is 2.76. The van der Waals surface area contributed by atoms with Crippen molar-refractivity contribution < 1.29 is 5.11 Å². The lowest BCUT2D eigenvalue weighted by molar-refractivity contribution is 0.277. The molecular weight excluding hydrogens is 198 g/mol. The fourth-order valence-corrected chi connectivity index (χ4v) is 1.85. The summed E-state index contributed by atoms with van der Waals surface area (Å²) in [7, 11) is 0. The van der Waals surface area contributed by atoms with Gasteiger partial charge in [0, 0.05) is 11.6 Å². The first-order valence-electron chi connectivity index (χ1n) is 4.30. The number of nitrogens with zero attached hydrogens (tertiary/aromatic N) is 3. The Labute approximate surface area is 85.9 Å². The Balaban J connectivity index is 2.10. The largest absolute Gasteiger partial charge is 0.390 e. The van der Waals surface area contributed by atoms with Crippen LogP contribution < -0.4 is 0 Å². The van der Waals surface area contributed by atoms with E-state index in [0.717, 1.165) is 17.2 Å². The fourth-order valence-electron chi connectivity index (χ4n) is 1.24. The second-order valence-electron chi connectivity index (χ2n) is 3.05. The molecule has 2 aromatic heterocycles. The summed E-state index contributed by atoms with van der Waals surface area (Å²) in [5, 5.41) is 11.9. The minimum absolute atomic E-state index is 0.0108. The van der Waals surface area contributed by atoms with Crippen molar-refractivity contribution in [2.75, 3.05) is 0 Å². The van der Waals surface area contributed by atoms with Gasteiger partial charge in [-0.3, -0.25) is 0 Å². The molecule has 1 N–H and O–H groups in total. The van der Waals surface area contributed by atoms with Gasteiger partial charge in [-0.05, 0) is 6.92 Å². The number of aliphatic hydroxyl groups is 1. The van der Waals surface area contributed by atoms with Crippen LogP contribution in [0.4, 0.5) is 0 Å². The maximum absolute atomic E-state index is 8.83. The molecule has 0 atom stereocenters. The molecule has 0 bridgehead atoms. The van der Waals surface area contributed by atoms with Crippen LogP contribution in [0.2, 0.25) is 0 Å². The third-order valence-electron chi connectivity index (χ3n) is 1.86. The molecule has 0 aliphatic carbocycles. The molecule has 0 saturated carbocycles. The molecule has 0 aliphatic rings. The average molecular weight is 209 g/mol. The van der Waals surface area contributed by atoms with E-state index in [2.05, 4.69) is 9.97 Å². The molecule has 4 nitrogen and oxygen atoms in total. The van der Waals surface area contributed by atoms with Gasteiger partial charge in [-0.15, -0.1) is 11.3 Å². The molecule has 14 heavy (non-hydrogen) atoms. The van der Waals surface area contributed by atoms with Crippen LogP contribution >= 0.6 is 11.3 Å². The zero-order valence-electron chi connectivity index (χ0n) is 7.84. The molecule has 0 spiro atoms. The highest BCUT2D eigenvalue weighted by molar-refractivity contribution is 7.09. The van der Waals surface area contributed by atoms with Gasteiger partial charge in [-0.25, -0.2) is 9.97 Å². The molecule has 0 saturated heterocycles. The van der Waals surface area contributed by atoms with Gasteiger partial charge in [0.2, 0.25) is 0 Å². The molecule has 0 unspecified atom stereocenters. The van der Waals surface area contributed by atoms with Crippen molar-refractivity contribution >= 4 is 11.3 Å². The molecule has 0 amide bonds. The third-order valence-corrected chi connectivity index (χ3v) is 2.68. The molecule has 0 fully saturated rings. The number of aryl methyl sites for hydroxylation is 1. The topological polar surface area (TPSA) is 50.9 Å². The van der Waals surface area contributed by atoms with E-state index in [1.165, 1.54) is 0 Å². The summed E-state index contributed by atoms with van der Waals surface area (Å²) in [6.45, 7) is 2.70. The number of thiazole rings is 1. The lowest BCUT2D eigenvalue weighted by Crippen LogP contribution is -1.96. The van der Waals surface area contributed by atoms with E-state index >= 15 is 0 Å². The molecule has 74 valence electrons. The minimum atomic E-state index is -0.0108. The van der Waals surface area contributed by atoms with Crippen LogP contribution in [0.5, 0.6) is 0 Å². The van der Waals surface area contributed by atoms with E-state index in [1.54, 1.807) is 17.7 Å². The minimum Gasteiger partial charge on any atom is -0.390 e. The number of imidazole rings is 1. The van der Waals surface area contributed by atoms with Crippen LogP contribution in [0.1, 0.15) is 16.4 Å². The Kier molecular flexibility index (Phi) is 2.60. The Morgan fingerprint density at radius 1 is 1.50 bits per heavy atom. The number of aliphatic hydroxyl groups excluding tert-OH is 1. The first kappa shape index (κ1) is 9.36. The highest BCUT2D eigenvalue weighted by Crippen LogP contribution is 2.09. The van der Waals surface area contributed by atoms with Crippen LogP contribution in [0.3, 0.4) is 0 Å². The smallest absolute Gasteiger partial charge is 0.0954 e. The molecule has 0 aliphatic heterocycles. The summed E-state index contributed by atoms with van der Waals surface area (Å²) in [6.07, 6.45) is 3.54. The van der Waals surface area contributed by atoms with Crippen LogP contribution in [-0.4, -0.2) is 19.6 Å². The summed E-state index contributed by atoms with van der Waals surface area (Å²) in [4.78, 5) is 8.37. The lowest BCUT2D eigenvalue weighted by Gasteiger charge is -1.96. The van der Waals surface area contributed by atoms with Gasteiger partial charge in [0.25, 0.3) is 0 Å². The number of rotatable bonds is 3. The normalized spacial score (nSPS) is 10.7. The molecule has 2 rings (SSSR count). The quantitative estimate of drug-likeness (QED) is 0.826. The van der Waals surface area contributed by atoms with Crippen molar-refractivity contribution in [3.63, 3.8) is 0 Å². The zero-order chi connectivity index (χ0) is 9.97. The standard InChI is InChI=1S/C9H11N3OS/c1-7-11-9(5-14-7)3-12-2-8(4-13)10-6-12/h2,5-6,13H,3-4H2,1H3. The predicted molar refractivity (Wildman–Crippen MR) is 54.1 cm³/mol. The van der Waals surface area contributed by atoms with Crippen molar-refractivity contribution in [2.45, 2.75) is 20.1 Å². The van der Waals surface area contributed by atoms with Gasteiger partial charge in [0.05, 0.1) is 35.9 Å². The maximum atomic E-state index is 8.83. The van der Waals surface area contributed by atoms with Crippen molar-refractivity contribution in [3.05, 3.63) is 34.3 Å². The van der Waals surface area contributed by atoms with Crippen LogP contribution in [0.15, 0.2) is 17.9 Å². The van der Waals surface area contributed by atoms with E-state index in [-0.39, 0.29) is 6.61 Å². The zero-order valence-corrected chi connectivity index (χ0v) is 8.66. The van der Waals surface area contributed by atoms with E-state index in [0.29, 0.717) is 5.69 Å². The Bertz CT molecular complexity index is 421. The molecule has 0 aromatic carbocycles. The Morgan fingerprint density at radius 3 is 2.93 bits per heavy atom. The highest BCUT2D eigenvalue weighted by Gasteiger charge is 2.01. The molecular formula is C9H11N3OS. The molecule has 0 radical (unpaired) electrons.